The zero-order valence-electron chi connectivity index (χ0n) is 16.1. The predicted octanol–water partition coefficient (Wildman–Crippen LogP) is 2.67. The van der Waals surface area contributed by atoms with Gasteiger partial charge in [-0.05, 0) is 29.5 Å². The van der Waals surface area contributed by atoms with E-state index in [9.17, 15) is 9.59 Å². The van der Waals surface area contributed by atoms with Gasteiger partial charge < -0.3 is 10.2 Å². The van der Waals surface area contributed by atoms with E-state index >= 15 is 0 Å². The van der Waals surface area contributed by atoms with Gasteiger partial charge in [-0.2, -0.15) is 0 Å². The van der Waals surface area contributed by atoms with Crippen molar-refractivity contribution in [1.82, 2.24) is 15.1 Å². The minimum absolute atomic E-state index is 0.0281. The zero-order valence-corrected chi connectivity index (χ0v) is 16.1. The van der Waals surface area contributed by atoms with Crippen LogP contribution < -0.4 is 5.32 Å². The second-order valence-electron chi connectivity index (χ2n) is 7.63. The van der Waals surface area contributed by atoms with Crippen molar-refractivity contribution in [2.24, 2.45) is 0 Å². The minimum atomic E-state index is -0.379. The van der Waals surface area contributed by atoms with Gasteiger partial charge in [0.1, 0.15) is 0 Å². The molecule has 2 aliphatic heterocycles. The number of hydrogen-bond donors (Lipinski definition) is 1. The molecule has 0 aromatic heterocycles. The van der Waals surface area contributed by atoms with Crippen LogP contribution in [0.2, 0.25) is 0 Å². The van der Waals surface area contributed by atoms with Crippen molar-refractivity contribution < 1.29 is 9.59 Å². The summed E-state index contributed by atoms with van der Waals surface area (Å²) in [7, 11) is 0. The third kappa shape index (κ3) is 4.25. The normalized spacial score (nSPS) is 20.2. The Kier molecular flexibility index (Phi) is 5.72. The van der Waals surface area contributed by atoms with Crippen LogP contribution in [-0.2, 0) is 16.1 Å². The van der Waals surface area contributed by atoms with Gasteiger partial charge in [0.2, 0.25) is 11.8 Å². The number of nitrogens with zero attached hydrogens (tertiary/aromatic N) is 2. The second-order valence-corrected chi connectivity index (χ2v) is 7.63. The van der Waals surface area contributed by atoms with Gasteiger partial charge >= 0.3 is 0 Å². The first-order valence-corrected chi connectivity index (χ1v) is 10.1. The Morgan fingerprint density at radius 1 is 0.929 bits per heavy atom. The molecule has 28 heavy (non-hydrogen) atoms. The predicted molar refractivity (Wildman–Crippen MR) is 110 cm³/mol. The fraction of sp³-hybridized carbons (Fsp3) is 0.391. The van der Waals surface area contributed by atoms with Gasteiger partial charge in [0.15, 0.2) is 0 Å². The van der Waals surface area contributed by atoms with Crippen LogP contribution >= 0.6 is 0 Å². The quantitative estimate of drug-likeness (QED) is 0.872. The number of rotatable bonds is 5. The van der Waals surface area contributed by atoms with Crippen molar-refractivity contribution in [1.29, 1.82) is 0 Å². The zero-order chi connectivity index (χ0) is 19.3. The van der Waals surface area contributed by atoms with E-state index in [-0.39, 0.29) is 24.3 Å². The van der Waals surface area contributed by atoms with Crippen LogP contribution in [0.4, 0.5) is 0 Å². The molecule has 2 aliphatic rings. The number of nitrogens with one attached hydrogen (secondary N) is 1. The highest BCUT2D eigenvalue weighted by Gasteiger charge is 2.33. The SMILES string of the molecule is O=C1NCCN(Cc2ccc(-c3ccccc3)cc2)[C@@H]1CC(=O)N1CCCC1. The van der Waals surface area contributed by atoms with Gasteiger partial charge in [0.05, 0.1) is 12.5 Å². The van der Waals surface area contributed by atoms with Gasteiger partial charge in [0, 0.05) is 32.7 Å². The van der Waals surface area contributed by atoms with Crippen molar-refractivity contribution in [2.45, 2.75) is 31.8 Å². The van der Waals surface area contributed by atoms with Gasteiger partial charge in [-0.15, -0.1) is 0 Å². The molecule has 0 spiro atoms. The first kappa shape index (κ1) is 18.7. The Morgan fingerprint density at radius 2 is 1.61 bits per heavy atom. The lowest BCUT2D eigenvalue weighted by atomic mass is 10.0. The minimum Gasteiger partial charge on any atom is -0.353 e. The number of amides is 2. The number of likely N-dealkylation sites (tertiary alicyclic amines) is 1. The first-order valence-electron chi connectivity index (χ1n) is 10.1. The topological polar surface area (TPSA) is 52.7 Å². The highest BCUT2D eigenvalue weighted by Crippen LogP contribution is 2.21. The molecule has 5 heteroatoms. The average molecular weight is 377 g/mol. The van der Waals surface area contributed by atoms with Crippen molar-refractivity contribution in [3.63, 3.8) is 0 Å². The van der Waals surface area contributed by atoms with E-state index < -0.39 is 0 Å². The summed E-state index contributed by atoms with van der Waals surface area (Å²) in [5.74, 6) is 0.0729. The second kappa shape index (κ2) is 8.57. The third-order valence-corrected chi connectivity index (χ3v) is 5.72. The number of carbonyl (C=O) groups is 2. The van der Waals surface area contributed by atoms with E-state index in [4.69, 9.17) is 0 Å². The molecular formula is C23H27N3O2. The van der Waals surface area contributed by atoms with Crippen molar-refractivity contribution >= 4 is 11.8 Å². The van der Waals surface area contributed by atoms with Crippen LogP contribution in [0.3, 0.4) is 0 Å². The first-order chi connectivity index (χ1) is 13.7. The number of piperazine rings is 1. The molecule has 1 N–H and O–H groups in total. The number of benzene rings is 2. The molecule has 5 nitrogen and oxygen atoms in total. The van der Waals surface area contributed by atoms with Crippen molar-refractivity contribution in [2.75, 3.05) is 26.2 Å². The molecule has 2 amide bonds. The molecule has 0 unspecified atom stereocenters. The van der Waals surface area contributed by atoms with Gasteiger partial charge in [0.25, 0.3) is 0 Å². The fourth-order valence-electron chi connectivity index (χ4n) is 4.10. The Hall–Kier alpha value is -2.66. The average Bonchev–Trinajstić information content (AvgIpc) is 3.27. The van der Waals surface area contributed by atoms with E-state index in [1.54, 1.807) is 0 Å². The highest BCUT2D eigenvalue weighted by molar-refractivity contribution is 5.89. The highest BCUT2D eigenvalue weighted by atomic mass is 16.2. The fourth-order valence-corrected chi connectivity index (χ4v) is 4.10. The summed E-state index contributed by atoms with van der Waals surface area (Å²) in [6.07, 6.45) is 2.41. The lowest BCUT2D eigenvalue weighted by molar-refractivity contribution is -0.138. The maximum Gasteiger partial charge on any atom is 0.237 e. The Morgan fingerprint density at radius 3 is 2.32 bits per heavy atom. The van der Waals surface area contributed by atoms with E-state index in [2.05, 4.69) is 46.6 Å². The summed E-state index contributed by atoms with van der Waals surface area (Å²) >= 11 is 0. The van der Waals surface area contributed by atoms with Crippen LogP contribution in [0.5, 0.6) is 0 Å². The van der Waals surface area contributed by atoms with E-state index in [1.807, 2.05) is 23.1 Å². The largest absolute Gasteiger partial charge is 0.353 e. The summed E-state index contributed by atoms with van der Waals surface area (Å²) in [4.78, 5) is 29.1. The van der Waals surface area contributed by atoms with Gasteiger partial charge in [-0.1, -0.05) is 54.6 Å². The molecule has 0 aliphatic carbocycles. The van der Waals surface area contributed by atoms with Crippen LogP contribution in [0, 0.1) is 0 Å². The Labute approximate surface area is 166 Å². The van der Waals surface area contributed by atoms with Crippen molar-refractivity contribution in [3.05, 3.63) is 60.2 Å². The molecule has 2 aromatic rings. The standard InChI is InChI=1S/C23H27N3O2/c27-22(25-13-4-5-14-25)16-21-23(28)24-12-15-26(21)17-18-8-10-20(11-9-18)19-6-2-1-3-7-19/h1-3,6-11,21H,4-5,12-17H2,(H,24,28)/t21-/m1/s1. The van der Waals surface area contributed by atoms with E-state index in [0.29, 0.717) is 13.1 Å². The molecule has 0 radical (unpaired) electrons. The number of carbonyl (C=O) groups excluding carboxylic acids is 2. The summed E-state index contributed by atoms with van der Waals surface area (Å²) in [5.41, 5.74) is 3.54. The summed E-state index contributed by atoms with van der Waals surface area (Å²) in [6, 6.07) is 18.4. The molecule has 2 heterocycles. The molecule has 1 atom stereocenters. The summed E-state index contributed by atoms with van der Waals surface area (Å²) in [5, 5.41) is 2.92. The lowest BCUT2D eigenvalue weighted by Gasteiger charge is -2.35. The molecule has 4 rings (SSSR count). The van der Waals surface area contributed by atoms with Crippen LogP contribution in [-0.4, -0.2) is 53.8 Å². The van der Waals surface area contributed by atoms with Crippen molar-refractivity contribution in [3.8, 4) is 11.1 Å². The monoisotopic (exact) mass is 377 g/mol. The molecule has 146 valence electrons. The molecular weight excluding hydrogens is 350 g/mol. The van der Waals surface area contributed by atoms with Crippen LogP contribution in [0.15, 0.2) is 54.6 Å². The van der Waals surface area contributed by atoms with Gasteiger partial charge in [-0.3, -0.25) is 14.5 Å². The third-order valence-electron chi connectivity index (χ3n) is 5.72. The maximum atomic E-state index is 12.6. The Bertz CT molecular complexity index is 814. The molecule has 2 aromatic carbocycles. The lowest BCUT2D eigenvalue weighted by Crippen LogP contribution is -2.56. The van der Waals surface area contributed by atoms with E-state index in [1.165, 1.54) is 11.1 Å². The smallest absolute Gasteiger partial charge is 0.237 e. The molecule has 2 saturated heterocycles. The summed E-state index contributed by atoms with van der Waals surface area (Å²) in [6.45, 7) is 3.74. The van der Waals surface area contributed by atoms with Crippen LogP contribution in [0.25, 0.3) is 11.1 Å². The molecule has 2 fully saturated rings. The van der Waals surface area contributed by atoms with Crippen LogP contribution in [0.1, 0.15) is 24.8 Å². The Balaban J connectivity index is 1.44. The molecule has 0 bridgehead atoms. The summed E-state index contributed by atoms with van der Waals surface area (Å²) < 4.78 is 0. The maximum absolute atomic E-state index is 12.6. The van der Waals surface area contributed by atoms with E-state index in [0.717, 1.165) is 38.0 Å². The molecule has 0 saturated carbocycles. The number of hydrogen-bond acceptors (Lipinski definition) is 3. The van der Waals surface area contributed by atoms with Gasteiger partial charge in [-0.25, -0.2) is 0 Å².